The molecule has 0 aliphatic rings. The standard InChI is InChI=1S/C17H12F4N2O/c1-8-12-6-11(18)7-13(15(12)23-14(8)16(22)24)9-2-4-10(5-3-9)17(19,20)21/h2-7,23H,1H3,(H2,22,24). The van der Waals surface area contributed by atoms with E-state index in [1.807, 2.05) is 0 Å². The van der Waals surface area contributed by atoms with E-state index in [9.17, 15) is 22.4 Å². The van der Waals surface area contributed by atoms with Gasteiger partial charge in [-0.2, -0.15) is 13.2 Å². The number of nitrogens with two attached hydrogens (primary N) is 1. The number of primary amides is 1. The summed E-state index contributed by atoms with van der Waals surface area (Å²) in [5.74, 6) is -1.25. The molecule has 2 aromatic carbocycles. The van der Waals surface area contributed by atoms with Crippen LogP contribution in [0.1, 0.15) is 21.6 Å². The van der Waals surface area contributed by atoms with Crippen LogP contribution < -0.4 is 5.73 Å². The largest absolute Gasteiger partial charge is 0.416 e. The zero-order valence-electron chi connectivity index (χ0n) is 12.5. The first kappa shape index (κ1) is 16.0. The van der Waals surface area contributed by atoms with Crippen LogP contribution in [-0.4, -0.2) is 10.9 Å². The van der Waals surface area contributed by atoms with Gasteiger partial charge >= 0.3 is 6.18 Å². The first-order valence-electron chi connectivity index (χ1n) is 6.97. The van der Waals surface area contributed by atoms with Crippen LogP contribution in [0.5, 0.6) is 0 Å². The Morgan fingerprint density at radius 1 is 1.12 bits per heavy atom. The lowest BCUT2D eigenvalue weighted by atomic mass is 10.00. The predicted molar refractivity (Wildman–Crippen MR) is 81.9 cm³/mol. The average Bonchev–Trinajstić information content (AvgIpc) is 2.83. The number of aryl methyl sites for hydroxylation is 1. The van der Waals surface area contributed by atoms with Crippen molar-refractivity contribution in [1.29, 1.82) is 0 Å². The molecular formula is C17H12F4N2O. The molecule has 1 heterocycles. The van der Waals surface area contributed by atoms with Crippen LogP contribution in [0.25, 0.3) is 22.0 Å². The molecule has 3 aromatic rings. The monoisotopic (exact) mass is 336 g/mol. The minimum absolute atomic E-state index is 0.142. The first-order valence-corrected chi connectivity index (χ1v) is 6.97. The maximum Gasteiger partial charge on any atom is 0.416 e. The Morgan fingerprint density at radius 3 is 2.29 bits per heavy atom. The van der Waals surface area contributed by atoms with Crippen molar-refractivity contribution in [3.8, 4) is 11.1 Å². The third-order valence-electron chi connectivity index (χ3n) is 3.90. The highest BCUT2D eigenvalue weighted by Crippen LogP contribution is 2.35. The second kappa shape index (κ2) is 5.36. The third kappa shape index (κ3) is 2.62. The molecule has 0 fully saturated rings. The van der Waals surface area contributed by atoms with Crippen molar-refractivity contribution in [1.82, 2.24) is 4.98 Å². The van der Waals surface area contributed by atoms with Gasteiger partial charge in [0, 0.05) is 10.9 Å². The van der Waals surface area contributed by atoms with Gasteiger partial charge in [-0.1, -0.05) is 12.1 Å². The highest BCUT2D eigenvalue weighted by molar-refractivity contribution is 6.04. The summed E-state index contributed by atoms with van der Waals surface area (Å²) in [6, 6.07) is 6.83. The molecular weight excluding hydrogens is 324 g/mol. The SMILES string of the molecule is Cc1c(C(N)=O)[nH]c2c(-c3ccc(C(F)(F)F)cc3)cc(F)cc12. The number of aromatic amines is 1. The fraction of sp³-hybridized carbons (Fsp3) is 0.118. The Hall–Kier alpha value is -2.83. The molecule has 0 saturated carbocycles. The first-order chi connectivity index (χ1) is 11.2. The van der Waals surface area contributed by atoms with Crippen molar-refractivity contribution < 1.29 is 22.4 Å². The molecule has 0 unspecified atom stereocenters. The van der Waals surface area contributed by atoms with Crippen LogP contribution in [-0.2, 0) is 6.18 Å². The number of rotatable bonds is 2. The summed E-state index contributed by atoms with van der Waals surface area (Å²) in [6.45, 7) is 1.62. The quantitative estimate of drug-likeness (QED) is 0.670. The molecule has 24 heavy (non-hydrogen) atoms. The van der Waals surface area contributed by atoms with Gasteiger partial charge in [-0.3, -0.25) is 4.79 Å². The maximum absolute atomic E-state index is 13.9. The summed E-state index contributed by atoms with van der Waals surface area (Å²) >= 11 is 0. The highest BCUT2D eigenvalue weighted by atomic mass is 19.4. The molecule has 0 saturated heterocycles. The molecule has 1 aromatic heterocycles. The van der Waals surface area contributed by atoms with Crippen LogP contribution in [0.3, 0.4) is 0 Å². The Bertz CT molecular complexity index is 940. The zero-order chi connectivity index (χ0) is 17.6. The normalized spacial score (nSPS) is 11.9. The summed E-state index contributed by atoms with van der Waals surface area (Å²) in [5, 5.41) is 0.457. The van der Waals surface area contributed by atoms with Crippen molar-refractivity contribution in [2.75, 3.05) is 0 Å². The van der Waals surface area contributed by atoms with E-state index in [2.05, 4.69) is 4.98 Å². The van der Waals surface area contributed by atoms with E-state index in [-0.39, 0.29) is 5.69 Å². The maximum atomic E-state index is 13.9. The summed E-state index contributed by atoms with van der Waals surface area (Å²) in [6.07, 6.45) is -4.45. The lowest BCUT2D eigenvalue weighted by Gasteiger charge is -2.09. The van der Waals surface area contributed by atoms with Crippen LogP contribution >= 0.6 is 0 Å². The van der Waals surface area contributed by atoms with E-state index >= 15 is 0 Å². The molecule has 0 aliphatic heterocycles. The van der Waals surface area contributed by atoms with Crippen molar-refractivity contribution in [2.45, 2.75) is 13.1 Å². The van der Waals surface area contributed by atoms with E-state index in [1.165, 1.54) is 24.3 Å². The van der Waals surface area contributed by atoms with Crippen molar-refractivity contribution >= 4 is 16.8 Å². The Morgan fingerprint density at radius 2 is 1.75 bits per heavy atom. The number of benzene rings is 2. The highest BCUT2D eigenvalue weighted by Gasteiger charge is 2.30. The van der Waals surface area contributed by atoms with Gasteiger partial charge in [0.1, 0.15) is 11.5 Å². The van der Waals surface area contributed by atoms with E-state index in [4.69, 9.17) is 5.73 Å². The van der Waals surface area contributed by atoms with Gasteiger partial charge in [0.25, 0.3) is 5.91 Å². The molecule has 3 rings (SSSR count). The Balaban J connectivity index is 2.22. The summed E-state index contributed by atoms with van der Waals surface area (Å²) in [7, 11) is 0. The van der Waals surface area contributed by atoms with E-state index in [0.29, 0.717) is 27.6 Å². The second-order valence-electron chi connectivity index (χ2n) is 5.44. The van der Waals surface area contributed by atoms with Gasteiger partial charge in [-0.25, -0.2) is 4.39 Å². The number of halogens is 4. The second-order valence-corrected chi connectivity index (χ2v) is 5.44. The molecule has 0 radical (unpaired) electrons. The number of amides is 1. The molecule has 0 atom stereocenters. The lowest BCUT2D eigenvalue weighted by Crippen LogP contribution is -2.12. The van der Waals surface area contributed by atoms with Crippen LogP contribution in [0.15, 0.2) is 36.4 Å². The number of H-pyrrole nitrogens is 1. The topological polar surface area (TPSA) is 58.9 Å². The number of carbonyl (C=O) groups excluding carboxylic acids is 1. The van der Waals surface area contributed by atoms with Gasteiger partial charge < -0.3 is 10.7 Å². The number of hydrogen-bond acceptors (Lipinski definition) is 1. The number of hydrogen-bond donors (Lipinski definition) is 2. The minimum Gasteiger partial charge on any atom is -0.364 e. The summed E-state index contributed by atoms with van der Waals surface area (Å²) in [5.41, 5.74) is 6.32. The van der Waals surface area contributed by atoms with E-state index in [1.54, 1.807) is 6.92 Å². The molecule has 3 N–H and O–H groups in total. The predicted octanol–water partition coefficient (Wildman–Crippen LogP) is 4.40. The minimum atomic E-state index is -4.45. The van der Waals surface area contributed by atoms with E-state index in [0.717, 1.165) is 12.1 Å². The van der Waals surface area contributed by atoms with Gasteiger partial charge in [-0.15, -0.1) is 0 Å². The average molecular weight is 336 g/mol. The smallest absolute Gasteiger partial charge is 0.364 e. The van der Waals surface area contributed by atoms with Crippen LogP contribution in [0, 0.1) is 12.7 Å². The molecule has 7 heteroatoms. The van der Waals surface area contributed by atoms with E-state index < -0.39 is 23.5 Å². The Kier molecular flexibility index (Phi) is 3.59. The van der Waals surface area contributed by atoms with Crippen molar-refractivity contribution in [3.63, 3.8) is 0 Å². The van der Waals surface area contributed by atoms with Gasteiger partial charge in [0.15, 0.2) is 0 Å². The zero-order valence-corrected chi connectivity index (χ0v) is 12.5. The number of alkyl halides is 3. The summed E-state index contributed by atoms with van der Waals surface area (Å²) < 4.78 is 51.9. The Labute approximate surface area is 134 Å². The lowest BCUT2D eigenvalue weighted by molar-refractivity contribution is -0.137. The molecule has 0 bridgehead atoms. The van der Waals surface area contributed by atoms with Crippen LogP contribution in [0.4, 0.5) is 17.6 Å². The van der Waals surface area contributed by atoms with Crippen molar-refractivity contribution in [2.24, 2.45) is 5.73 Å². The fourth-order valence-corrected chi connectivity index (χ4v) is 2.70. The number of nitrogens with one attached hydrogen (secondary N) is 1. The third-order valence-corrected chi connectivity index (χ3v) is 3.90. The molecule has 0 aliphatic carbocycles. The molecule has 124 valence electrons. The number of carbonyl (C=O) groups is 1. The van der Waals surface area contributed by atoms with Gasteiger partial charge in [0.05, 0.1) is 11.1 Å². The summed E-state index contributed by atoms with van der Waals surface area (Å²) in [4.78, 5) is 14.3. The fourth-order valence-electron chi connectivity index (χ4n) is 2.70. The van der Waals surface area contributed by atoms with Crippen molar-refractivity contribution in [3.05, 3.63) is 59.0 Å². The molecule has 3 nitrogen and oxygen atoms in total. The van der Waals surface area contributed by atoms with Gasteiger partial charge in [0.2, 0.25) is 0 Å². The van der Waals surface area contributed by atoms with Gasteiger partial charge in [-0.05, 0) is 42.3 Å². The molecule has 0 spiro atoms. The number of fused-ring (bicyclic) bond motifs is 1. The molecule has 1 amide bonds. The number of aromatic nitrogens is 1. The van der Waals surface area contributed by atoms with Crippen LogP contribution in [0.2, 0.25) is 0 Å².